The molecule has 1 N–H and O–H groups in total. The van der Waals surface area contributed by atoms with Crippen molar-refractivity contribution in [1.29, 1.82) is 0 Å². The predicted octanol–water partition coefficient (Wildman–Crippen LogP) is 2.48. The summed E-state index contributed by atoms with van der Waals surface area (Å²) in [6.07, 6.45) is 3.03. The van der Waals surface area contributed by atoms with E-state index < -0.39 is 22.0 Å². The van der Waals surface area contributed by atoms with Crippen LogP contribution in [0.5, 0.6) is 0 Å². The highest BCUT2D eigenvalue weighted by Gasteiger charge is 2.19. The van der Waals surface area contributed by atoms with Crippen molar-refractivity contribution in [1.82, 2.24) is 19.5 Å². The molecule has 9 heteroatoms. The molecule has 1 aromatic heterocycles. The lowest BCUT2D eigenvalue weighted by molar-refractivity contribution is 0.0526. The zero-order chi connectivity index (χ0) is 20.1. The number of benzene rings is 2. The molecule has 0 aliphatic heterocycles. The first kappa shape index (κ1) is 19.7. The highest BCUT2D eigenvalue weighted by molar-refractivity contribution is 7.89. The smallest absolute Gasteiger partial charge is 0.338 e. The van der Waals surface area contributed by atoms with Gasteiger partial charge in [0.2, 0.25) is 10.0 Å². The summed E-state index contributed by atoms with van der Waals surface area (Å²) in [6, 6.07) is 12.5. The molecule has 0 saturated heterocycles. The molecule has 1 heterocycles. The van der Waals surface area contributed by atoms with Crippen LogP contribution in [0, 0.1) is 0 Å². The molecule has 3 rings (SSSR count). The monoisotopic (exact) mass is 400 g/mol. The number of nitrogens with zero attached hydrogens (tertiary/aromatic N) is 3. The Balaban J connectivity index is 1.72. The lowest BCUT2D eigenvalue weighted by Crippen LogP contribution is -2.27. The van der Waals surface area contributed by atoms with Gasteiger partial charge in [0, 0.05) is 6.04 Å². The molecular formula is C19H20N4O4S. The maximum absolute atomic E-state index is 12.6. The van der Waals surface area contributed by atoms with Crippen LogP contribution < -0.4 is 4.72 Å². The number of rotatable bonds is 7. The first-order valence-electron chi connectivity index (χ1n) is 8.65. The zero-order valence-electron chi connectivity index (χ0n) is 15.4. The third-order valence-corrected chi connectivity index (χ3v) is 5.64. The van der Waals surface area contributed by atoms with Crippen molar-refractivity contribution in [3.63, 3.8) is 0 Å². The molecule has 0 fully saturated rings. The molecular weight excluding hydrogens is 380 g/mol. The molecule has 0 radical (unpaired) electrons. The predicted molar refractivity (Wildman–Crippen MR) is 102 cm³/mol. The molecule has 0 aliphatic rings. The number of hydrogen-bond donors (Lipinski definition) is 1. The Morgan fingerprint density at radius 1 is 1.14 bits per heavy atom. The first-order valence-corrected chi connectivity index (χ1v) is 10.1. The highest BCUT2D eigenvalue weighted by atomic mass is 32.2. The number of hydrogen-bond acceptors (Lipinski definition) is 6. The van der Waals surface area contributed by atoms with Gasteiger partial charge in [-0.1, -0.05) is 12.1 Å². The van der Waals surface area contributed by atoms with Crippen molar-refractivity contribution >= 4 is 16.0 Å². The average molecular weight is 400 g/mol. The minimum absolute atomic E-state index is 0.0756. The summed E-state index contributed by atoms with van der Waals surface area (Å²) in [4.78, 5) is 15.7. The number of carbonyl (C=O) groups is 1. The molecule has 0 spiro atoms. The summed E-state index contributed by atoms with van der Waals surface area (Å²) < 4.78 is 34.4. The second kappa shape index (κ2) is 8.32. The summed E-state index contributed by atoms with van der Waals surface area (Å²) in [5, 5.41) is 4.05. The Morgan fingerprint density at radius 2 is 1.82 bits per heavy atom. The minimum Gasteiger partial charge on any atom is -0.462 e. The molecule has 0 aliphatic carbocycles. The lowest BCUT2D eigenvalue weighted by atomic mass is 10.1. The van der Waals surface area contributed by atoms with Crippen molar-refractivity contribution in [2.45, 2.75) is 24.8 Å². The Bertz CT molecular complexity index is 1030. The summed E-state index contributed by atoms with van der Waals surface area (Å²) in [6.45, 7) is 3.73. The van der Waals surface area contributed by atoms with Crippen molar-refractivity contribution < 1.29 is 17.9 Å². The van der Waals surface area contributed by atoms with E-state index in [0.29, 0.717) is 5.56 Å². The standard InChI is InChI=1S/C19H20N4O4S/c1-3-27-19(24)16-6-10-18(11-7-16)28(25,26)22-14(2)15-4-8-17(9-5-15)23-13-20-12-21-23/h4-14,22H,3H2,1-2H3. The Morgan fingerprint density at radius 3 is 2.39 bits per heavy atom. The fourth-order valence-electron chi connectivity index (χ4n) is 2.61. The first-order chi connectivity index (χ1) is 13.4. The second-order valence-corrected chi connectivity index (χ2v) is 7.73. The normalized spacial score (nSPS) is 12.5. The molecule has 3 aromatic rings. The molecule has 0 saturated carbocycles. The SMILES string of the molecule is CCOC(=O)c1ccc(S(=O)(=O)NC(C)c2ccc(-n3cncn3)cc2)cc1. The van der Waals surface area contributed by atoms with Crippen molar-refractivity contribution in [3.05, 3.63) is 72.3 Å². The van der Waals surface area contributed by atoms with Gasteiger partial charge in [-0.15, -0.1) is 0 Å². The van der Waals surface area contributed by atoms with Gasteiger partial charge >= 0.3 is 5.97 Å². The maximum Gasteiger partial charge on any atom is 0.338 e. The molecule has 1 unspecified atom stereocenters. The van der Waals surface area contributed by atoms with Crippen LogP contribution in [0.4, 0.5) is 0 Å². The van der Waals surface area contributed by atoms with Crippen LogP contribution in [0.3, 0.4) is 0 Å². The van der Waals surface area contributed by atoms with E-state index in [-0.39, 0.29) is 11.5 Å². The largest absolute Gasteiger partial charge is 0.462 e. The topological polar surface area (TPSA) is 103 Å². The van der Waals surface area contributed by atoms with Crippen LogP contribution in [0.2, 0.25) is 0 Å². The Hall–Kier alpha value is -3.04. The minimum atomic E-state index is -3.75. The fraction of sp³-hybridized carbons (Fsp3) is 0.211. The summed E-state index contributed by atoms with van der Waals surface area (Å²) in [5.74, 6) is -0.486. The van der Waals surface area contributed by atoms with E-state index in [0.717, 1.165) is 11.3 Å². The third kappa shape index (κ3) is 4.44. The van der Waals surface area contributed by atoms with Crippen LogP contribution in [0.1, 0.15) is 35.8 Å². The van der Waals surface area contributed by atoms with E-state index in [1.54, 1.807) is 24.9 Å². The Labute approximate surface area is 163 Å². The van der Waals surface area contributed by atoms with Gasteiger partial charge in [0.1, 0.15) is 12.7 Å². The van der Waals surface area contributed by atoms with Crippen molar-refractivity contribution in [2.24, 2.45) is 0 Å². The maximum atomic E-state index is 12.6. The van der Waals surface area contributed by atoms with Crippen molar-refractivity contribution in [2.75, 3.05) is 6.61 Å². The molecule has 0 amide bonds. The van der Waals surface area contributed by atoms with Gasteiger partial charge in [0.25, 0.3) is 0 Å². The lowest BCUT2D eigenvalue weighted by Gasteiger charge is -2.15. The molecule has 0 bridgehead atoms. The summed E-state index contributed by atoms with van der Waals surface area (Å²) >= 11 is 0. The van der Waals surface area contributed by atoms with Gasteiger partial charge in [-0.05, 0) is 55.8 Å². The van der Waals surface area contributed by atoms with E-state index >= 15 is 0 Å². The van der Waals surface area contributed by atoms with E-state index in [9.17, 15) is 13.2 Å². The van der Waals surface area contributed by atoms with Crippen LogP contribution in [-0.4, -0.2) is 35.8 Å². The van der Waals surface area contributed by atoms with Crippen LogP contribution in [0.25, 0.3) is 5.69 Å². The third-order valence-electron chi connectivity index (χ3n) is 4.08. The molecule has 28 heavy (non-hydrogen) atoms. The number of nitrogens with one attached hydrogen (secondary N) is 1. The van der Waals surface area contributed by atoms with Gasteiger partial charge < -0.3 is 4.74 Å². The van der Waals surface area contributed by atoms with Crippen LogP contribution in [0.15, 0.2) is 66.1 Å². The van der Waals surface area contributed by atoms with Crippen LogP contribution in [-0.2, 0) is 14.8 Å². The summed E-state index contributed by atoms with van der Waals surface area (Å²) in [7, 11) is -3.75. The van der Waals surface area contributed by atoms with Gasteiger partial charge in [0.05, 0.1) is 22.8 Å². The van der Waals surface area contributed by atoms with E-state index in [1.807, 2.05) is 24.3 Å². The Kier molecular flexibility index (Phi) is 5.86. The van der Waals surface area contributed by atoms with Gasteiger partial charge in [-0.2, -0.15) is 5.10 Å². The average Bonchev–Trinajstić information content (AvgIpc) is 3.23. The molecule has 146 valence electrons. The van der Waals surface area contributed by atoms with Gasteiger partial charge in [0.15, 0.2) is 0 Å². The van der Waals surface area contributed by atoms with E-state index in [2.05, 4.69) is 14.8 Å². The number of esters is 1. The van der Waals surface area contributed by atoms with Crippen molar-refractivity contribution in [3.8, 4) is 5.69 Å². The van der Waals surface area contributed by atoms with Gasteiger partial charge in [-0.25, -0.2) is 27.6 Å². The van der Waals surface area contributed by atoms with Crippen LogP contribution >= 0.6 is 0 Å². The second-order valence-electron chi connectivity index (χ2n) is 6.02. The molecule has 8 nitrogen and oxygen atoms in total. The van der Waals surface area contributed by atoms with E-state index in [4.69, 9.17) is 4.74 Å². The number of aromatic nitrogens is 3. The van der Waals surface area contributed by atoms with E-state index in [1.165, 1.54) is 30.6 Å². The number of sulfonamides is 1. The summed E-state index contributed by atoms with van der Waals surface area (Å²) in [5.41, 5.74) is 1.93. The molecule has 1 atom stereocenters. The highest BCUT2D eigenvalue weighted by Crippen LogP contribution is 2.19. The zero-order valence-corrected chi connectivity index (χ0v) is 16.3. The van der Waals surface area contributed by atoms with Gasteiger partial charge in [-0.3, -0.25) is 0 Å². The number of ether oxygens (including phenoxy) is 1. The quantitative estimate of drug-likeness (QED) is 0.611. The molecule has 2 aromatic carbocycles. The number of carbonyl (C=O) groups excluding carboxylic acids is 1. The fourth-order valence-corrected chi connectivity index (χ4v) is 3.84.